The van der Waals surface area contributed by atoms with Crippen LogP contribution in [0, 0.1) is 0 Å². The van der Waals surface area contributed by atoms with Crippen LogP contribution in [0.5, 0.6) is 0 Å². The van der Waals surface area contributed by atoms with Crippen LogP contribution >= 0.6 is 0 Å². The molecule has 1 amide bonds. The summed E-state index contributed by atoms with van der Waals surface area (Å²) in [6.07, 6.45) is 3.90. The highest BCUT2D eigenvalue weighted by Gasteiger charge is 2.31. The van der Waals surface area contributed by atoms with Gasteiger partial charge in [-0.1, -0.05) is 5.16 Å². The highest BCUT2D eigenvalue weighted by atomic mass is 16.5. The summed E-state index contributed by atoms with van der Waals surface area (Å²) in [5.41, 5.74) is 0.255. The number of carboxylic acids is 1. The maximum Gasteiger partial charge on any atom is 0.305 e. The van der Waals surface area contributed by atoms with Crippen molar-refractivity contribution < 1.29 is 24.0 Å². The van der Waals surface area contributed by atoms with Crippen LogP contribution in [0.1, 0.15) is 54.3 Å². The summed E-state index contributed by atoms with van der Waals surface area (Å²) >= 11 is 0. The second-order valence-electron chi connectivity index (χ2n) is 5.92. The molecule has 1 aliphatic heterocycles. The van der Waals surface area contributed by atoms with Gasteiger partial charge in [-0.2, -0.15) is 0 Å². The average Bonchev–Trinajstić information content (AvgIpc) is 3.02. The van der Waals surface area contributed by atoms with Crippen LogP contribution in [0.4, 0.5) is 0 Å². The van der Waals surface area contributed by atoms with E-state index in [1.54, 1.807) is 6.07 Å². The minimum absolute atomic E-state index is 0.0208. The molecule has 1 aromatic heterocycles. The molecule has 0 aromatic carbocycles. The molecule has 0 radical (unpaired) electrons. The summed E-state index contributed by atoms with van der Waals surface area (Å²) in [4.78, 5) is 24.9. The number of amides is 1. The first-order valence-corrected chi connectivity index (χ1v) is 7.73. The number of ether oxygens (including phenoxy) is 1. The van der Waals surface area contributed by atoms with Gasteiger partial charge in [0.05, 0.1) is 12.5 Å². The first-order valence-electron chi connectivity index (χ1n) is 7.73. The molecular formula is C15H20N2O5. The highest BCUT2D eigenvalue weighted by molar-refractivity contribution is 5.92. The van der Waals surface area contributed by atoms with Gasteiger partial charge >= 0.3 is 5.97 Å². The Hall–Kier alpha value is -1.89. The Bertz CT molecular complexity index is 546. The van der Waals surface area contributed by atoms with Crippen LogP contribution in [-0.2, 0) is 9.53 Å². The van der Waals surface area contributed by atoms with Crippen molar-refractivity contribution in [3.8, 4) is 0 Å². The van der Waals surface area contributed by atoms with Crippen molar-refractivity contribution in [1.82, 2.24) is 10.1 Å². The third kappa shape index (κ3) is 3.65. The van der Waals surface area contributed by atoms with Crippen molar-refractivity contribution in [2.45, 2.75) is 44.1 Å². The van der Waals surface area contributed by atoms with Crippen LogP contribution in [0.2, 0.25) is 0 Å². The maximum atomic E-state index is 12.6. The normalized spacial score (nSPS) is 21.0. The molecule has 0 spiro atoms. The van der Waals surface area contributed by atoms with Gasteiger partial charge in [0.25, 0.3) is 5.91 Å². The fourth-order valence-electron chi connectivity index (χ4n) is 2.65. The van der Waals surface area contributed by atoms with E-state index in [1.807, 2.05) is 0 Å². The number of rotatable bonds is 7. The van der Waals surface area contributed by atoms with Gasteiger partial charge in [0.2, 0.25) is 0 Å². The van der Waals surface area contributed by atoms with Gasteiger partial charge in [-0.3, -0.25) is 9.59 Å². The van der Waals surface area contributed by atoms with E-state index in [0.717, 1.165) is 31.4 Å². The molecule has 120 valence electrons. The van der Waals surface area contributed by atoms with Gasteiger partial charge in [-0.15, -0.1) is 0 Å². The molecule has 7 heteroatoms. The number of carboxylic acid groups (broad SMARTS) is 1. The number of aliphatic carboxylic acids is 1. The lowest BCUT2D eigenvalue weighted by atomic mass is 10.2. The van der Waals surface area contributed by atoms with Crippen molar-refractivity contribution >= 4 is 11.9 Å². The number of carbonyl (C=O) groups is 2. The Kier molecular flexibility index (Phi) is 4.42. The first kappa shape index (κ1) is 15.0. The molecule has 1 atom stereocenters. The summed E-state index contributed by atoms with van der Waals surface area (Å²) in [5, 5.41) is 12.7. The quantitative estimate of drug-likeness (QED) is 0.823. The third-order valence-electron chi connectivity index (χ3n) is 4.06. The largest absolute Gasteiger partial charge is 0.481 e. The molecule has 1 aromatic rings. The van der Waals surface area contributed by atoms with Crippen molar-refractivity contribution in [3.63, 3.8) is 0 Å². The fraction of sp³-hybridized carbons (Fsp3) is 0.667. The molecule has 0 unspecified atom stereocenters. The number of hydrogen-bond acceptors (Lipinski definition) is 5. The molecule has 1 saturated heterocycles. The minimum atomic E-state index is -0.927. The van der Waals surface area contributed by atoms with E-state index < -0.39 is 5.97 Å². The number of aromatic nitrogens is 1. The van der Waals surface area contributed by atoms with Crippen molar-refractivity contribution in [2.24, 2.45) is 0 Å². The van der Waals surface area contributed by atoms with Crippen molar-refractivity contribution in [2.75, 3.05) is 19.7 Å². The SMILES string of the molecule is O=C(O)CCN(C[C@H]1CCCO1)C(=O)c1cc(C2CC2)on1. The molecule has 7 nitrogen and oxygen atoms in total. The van der Waals surface area contributed by atoms with Gasteiger partial charge in [-0.25, -0.2) is 0 Å². The van der Waals surface area contributed by atoms with Gasteiger partial charge in [0.1, 0.15) is 5.76 Å². The molecule has 22 heavy (non-hydrogen) atoms. The van der Waals surface area contributed by atoms with E-state index in [1.165, 1.54) is 4.90 Å². The van der Waals surface area contributed by atoms with Crippen LogP contribution in [0.15, 0.2) is 10.6 Å². The molecule has 2 aliphatic rings. The zero-order valence-electron chi connectivity index (χ0n) is 12.4. The molecule has 0 bridgehead atoms. The summed E-state index contributed by atoms with van der Waals surface area (Å²) in [6, 6.07) is 1.68. The van der Waals surface area contributed by atoms with Crippen molar-refractivity contribution in [3.05, 3.63) is 17.5 Å². The number of nitrogens with zero attached hydrogens (tertiary/aromatic N) is 2. The first-order chi connectivity index (χ1) is 10.6. The van der Waals surface area contributed by atoms with E-state index in [0.29, 0.717) is 19.1 Å². The van der Waals surface area contributed by atoms with Gasteiger partial charge in [0, 0.05) is 31.7 Å². The van der Waals surface area contributed by atoms with Crippen LogP contribution in [-0.4, -0.2) is 52.8 Å². The number of hydrogen-bond donors (Lipinski definition) is 1. The standard InChI is InChI=1S/C15H20N2O5/c18-14(19)5-6-17(9-11-2-1-7-21-11)15(20)12-8-13(22-16-12)10-3-4-10/h8,10-11H,1-7,9H2,(H,18,19)/t11-/m1/s1. The van der Waals surface area contributed by atoms with E-state index in [9.17, 15) is 9.59 Å². The molecule has 1 aliphatic carbocycles. The zero-order chi connectivity index (χ0) is 15.5. The lowest BCUT2D eigenvalue weighted by molar-refractivity contribution is -0.137. The molecule has 1 saturated carbocycles. The summed E-state index contributed by atoms with van der Waals surface area (Å²) in [7, 11) is 0. The molecule has 2 fully saturated rings. The second kappa shape index (κ2) is 6.48. The van der Waals surface area contributed by atoms with Gasteiger partial charge in [0.15, 0.2) is 5.69 Å². The molecular weight excluding hydrogens is 288 g/mol. The Balaban J connectivity index is 1.67. The lowest BCUT2D eigenvalue weighted by Gasteiger charge is -2.23. The van der Waals surface area contributed by atoms with E-state index in [2.05, 4.69) is 5.16 Å². The van der Waals surface area contributed by atoms with Crippen LogP contribution < -0.4 is 0 Å². The topological polar surface area (TPSA) is 92.9 Å². The second-order valence-corrected chi connectivity index (χ2v) is 5.92. The average molecular weight is 308 g/mol. The molecule has 2 heterocycles. The van der Waals surface area contributed by atoms with Crippen LogP contribution in [0.25, 0.3) is 0 Å². The highest BCUT2D eigenvalue weighted by Crippen LogP contribution is 2.40. The fourth-order valence-corrected chi connectivity index (χ4v) is 2.65. The molecule has 3 rings (SSSR count). The van der Waals surface area contributed by atoms with Crippen LogP contribution in [0.3, 0.4) is 0 Å². The molecule has 1 N–H and O–H groups in total. The Morgan fingerprint density at radius 2 is 2.18 bits per heavy atom. The summed E-state index contributed by atoms with van der Waals surface area (Å²) in [6.45, 7) is 1.25. The Morgan fingerprint density at radius 3 is 2.82 bits per heavy atom. The van der Waals surface area contributed by atoms with Crippen molar-refractivity contribution in [1.29, 1.82) is 0 Å². The van der Waals surface area contributed by atoms with Gasteiger partial charge in [-0.05, 0) is 25.7 Å². The van der Waals surface area contributed by atoms with Gasteiger partial charge < -0.3 is 19.3 Å². The van der Waals surface area contributed by atoms with E-state index in [-0.39, 0.29) is 30.7 Å². The Labute approximate surface area is 128 Å². The summed E-state index contributed by atoms with van der Waals surface area (Å²) in [5.74, 6) is -0.0744. The summed E-state index contributed by atoms with van der Waals surface area (Å²) < 4.78 is 10.8. The third-order valence-corrected chi connectivity index (χ3v) is 4.06. The number of carbonyl (C=O) groups excluding carboxylic acids is 1. The predicted octanol–water partition coefficient (Wildman–Crippen LogP) is 1.65. The minimum Gasteiger partial charge on any atom is -0.481 e. The maximum absolute atomic E-state index is 12.6. The monoisotopic (exact) mass is 308 g/mol. The smallest absolute Gasteiger partial charge is 0.305 e. The zero-order valence-corrected chi connectivity index (χ0v) is 12.4. The predicted molar refractivity (Wildman–Crippen MR) is 75.6 cm³/mol. The Morgan fingerprint density at radius 1 is 1.36 bits per heavy atom. The van der Waals surface area contributed by atoms with E-state index in [4.69, 9.17) is 14.4 Å². The van der Waals surface area contributed by atoms with E-state index >= 15 is 0 Å². The lowest BCUT2D eigenvalue weighted by Crippen LogP contribution is -2.39.